The van der Waals surface area contributed by atoms with Gasteiger partial charge in [-0.3, -0.25) is 9.59 Å². The van der Waals surface area contributed by atoms with Crippen molar-refractivity contribution in [1.29, 1.82) is 0 Å². The van der Waals surface area contributed by atoms with Gasteiger partial charge in [0.25, 0.3) is 11.5 Å². The number of fused-ring (bicyclic) bond motifs is 1. The Hall–Kier alpha value is -4.53. The van der Waals surface area contributed by atoms with Gasteiger partial charge in [-0.25, -0.2) is 14.9 Å². The van der Waals surface area contributed by atoms with Crippen molar-refractivity contribution in [3.05, 3.63) is 93.2 Å². The number of carbonyl (C=O) groups excluding carboxylic acids is 2. The van der Waals surface area contributed by atoms with Crippen LogP contribution in [-0.4, -0.2) is 39.0 Å². The average molecular weight is 500 g/mol. The van der Waals surface area contributed by atoms with Gasteiger partial charge in [0, 0.05) is 34.6 Å². The number of ether oxygens (including phenoxy) is 1. The van der Waals surface area contributed by atoms with E-state index in [1.807, 2.05) is 43.5 Å². The molecule has 9 heteroatoms. The lowest BCUT2D eigenvalue weighted by Crippen LogP contribution is -2.29. The largest absolute Gasteiger partial charge is 0.462 e. The van der Waals surface area contributed by atoms with E-state index in [0.29, 0.717) is 35.9 Å². The first kappa shape index (κ1) is 25.6. The molecule has 0 radical (unpaired) electrons. The minimum atomic E-state index is -0.499. The van der Waals surface area contributed by atoms with Crippen LogP contribution in [0.5, 0.6) is 0 Å². The number of nitrogens with zero attached hydrogens (tertiary/aromatic N) is 4. The summed E-state index contributed by atoms with van der Waals surface area (Å²) in [4.78, 5) is 37.6. The van der Waals surface area contributed by atoms with E-state index in [4.69, 9.17) is 4.74 Å². The van der Waals surface area contributed by atoms with Crippen LogP contribution in [0.4, 0.5) is 0 Å². The molecule has 0 fully saturated rings. The number of carbonyl (C=O) groups is 2. The Bertz CT molecular complexity index is 1550. The van der Waals surface area contributed by atoms with E-state index in [0.717, 1.165) is 22.6 Å². The third-order valence-corrected chi connectivity index (χ3v) is 5.99. The van der Waals surface area contributed by atoms with Crippen molar-refractivity contribution in [2.45, 2.75) is 40.7 Å². The maximum Gasteiger partial charge on any atom is 0.338 e. The Kier molecular flexibility index (Phi) is 7.62. The van der Waals surface area contributed by atoms with Crippen molar-refractivity contribution >= 4 is 28.9 Å². The van der Waals surface area contributed by atoms with E-state index < -0.39 is 5.91 Å². The van der Waals surface area contributed by atoms with Gasteiger partial charge < -0.3 is 9.30 Å². The van der Waals surface area contributed by atoms with Crippen molar-refractivity contribution in [2.75, 3.05) is 6.61 Å². The van der Waals surface area contributed by atoms with Crippen LogP contribution in [0.3, 0.4) is 0 Å². The number of hydrogen-bond acceptors (Lipinski definition) is 6. The van der Waals surface area contributed by atoms with Gasteiger partial charge in [-0.05, 0) is 63.6 Å². The molecule has 0 bridgehead atoms. The second kappa shape index (κ2) is 11.0. The Labute approximate surface area is 214 Å². The van der Waals surface area contributed by atoms with E-state index >= 15 is 0 Å². The first-order valence-electron chi connectivity index (χ1n) is 12.2. The predicted octanol–water partition coefficient (Wildman–Crippen LogP) is 4.15. The molecule has 4 aromatic rings. The van der Waals surface area contributed by atoms with E-state index in [2.05, 4.69) is 15.6 Å². The lowest BCUT2D eigenvalue weighted by atomic mass is 10.1. The second-order valence-corrected chi connectivity index (χ2v) is 8.55. The molecule has 2 heterocycles. The van der Waals surface area contributed by atoms with Gasteiger partial charge in [0.15, 0.2) is 5.69 Å². The maximum absolute atomic E-state index is 13.0. The molecule has 0 aliphatic carbocycles. The molecular formula is C28H29N5O4. The van der Waals surface area contributed by atoms with Crippen LogP contribution in [0.1, 0.15) is 58.1 Å². The summed E-state index contributed by atoms with van der Waals surface area (Å²) in [5, 5.41) is 9.39. The zero-order valence-electron chi connectivity index (χ0n) is 21.3. The van der Waals surface area contributed by atoms with Crippen molar-refractivity contribution in [3.63, 3.8) is 0 Å². The fraction of sp³-hybridized carbons (Fsp3) is 0.250. The lowest BCUT2D eigenvalue weighted by Gasteiger charge is -2.10. The molecule has 1 amide bonds. The summed E-state index contributed by atoms with van der Waals surface area (Å²) in [6.07, 6.45) is 2.29. The molecule has 2 aromatic carbocycles. The highest BCUT2D eigenvalue weighted by molar-refractivity contribution is 6.05. The minimum Gasteiger partial charge on any atom is -0.462 e. The van der Waals surface area contributed by atoms with Gasteiger partial charge in [-0.1, -0.05) is 25.1 Å². The summed E-state index contributed by atoms with van der Waals surface area (Å²) in [7, 11) is 0. The SMILES string of the molecule is CCCn1nc(C(=O)N/N=C/c2cc(C)n(-c3ccc(C(=O)OCC)cc3)c2C)c2ccccc2c1=O. The van der Waals surface area contributed by atoms with Crippen LogP contribution in [0.25, 0.3) is 16.5 Å². The molecule has 1 N–H and O–H groups in total. The molecule has 4 rings (SSSR count). The first-order valence-corrected chi connectivity index (χ1v) is 12.2. The molecule has 0 aliphatic rings. The fourth-order valence-electron chi connectivity index (χ4n) is 4.26. The molecule has 0 atom stereocenters. The predicted molar refractivity (Wildman–Crippen MR) is 143 cm³/mol. The van der Waals surface area contributed by atoms with Gasteiger partial charge in [-0.2, -0.15) is 10.2 Å². The topological polar surface area (TPSA) is 108 Å². The van der Waals surface area contributed by atoms with Gasteiger partial charge in [0.05, 0.1) is 23.8 Å². The number of aryl methyl sites for hydroxylation is 2. The molecule has 0 spiro atoms. The van der Waals surface area contributed by atoms with Crippen LogP contribution in [0, 0.1) is 13.8 Å². The van der Waals surface area contributed by atoms with E-state index in [1.165, 1.54) is 4.68 Å². The molecule has 2 aromatic heterocycles. The quantitative estimate of drug-likeness (QED) is 0.223. The van der Waals surface area contributed by atoms with Gasteiger partial charge in [0.1, 0.15) is 0 Å². The monoisotopic (exact) mass is 499 g/mol. The summed E-state index contributed by atoms with van der Waals surface area (Å²) >= 11 is 0. The van der Waals surface area contributed by atoms with Crippen LogP contribution in [0.2, 0.25) is 0 Å². The summed E-state index contributed by atoms with van der Waals surface area (Å²) in [6.45, 7) is 8.37. The number of hydrazone groups is 1. The Morgan fingerprint density at radius 3 is 2.43 bits per heavy atom. The van der Waals surface area contributed by atoms with Gasteiger partial charge in [0.2, 0.25) is 0 Å². The molecule has 37 heavy (non-hydrogen) atoms. The van der Waals surface area contributed by atoms with Crippen molar-refractivity contribution in [3.8, 4) is 5.69 Å². The third kappa shape index (κ3) is 5.20. The number of hydrogen-bond donors (Lipinski definition) is 1. The lowest BCUT2D eigenvalue weighted by molar-refractivity contribution is 0.0526. The molecule has 0 unspecified atom stereocenters. The smallest absolute Gasteiger partial charge is 0.338 e. The highest BCUT2D eigenvalue weighted by Gasteiger charge is 2.16. The summed E-state index contributed by atoms with van der Waals surface area (Å²) in [5.74, 6) is -0.855. The van der Waals surface area contributed by atoms with E-state index in [1.54, 1.807) is 49.5 Å². The number of esters is 1. The molecule has 0 aliphatic heterocycles. The van der Waals surface area contributed by atoms with Crippen LogP contribution < -0.4 is 11.0 Å². The van der Waals surface area contributed by atoms with E-state index in [9.17, 15) is 14.4 Å². The third-order valence-electron chi connectivity index (χ3n) is 5.99. The van der Waals surface area contributed by atoms with Crippen LogP contribution >= 0.6 is 0 Å². The number of amides is 1. The standard InChI is InChI=1S/C28H29N5O4/c1-5-15-32-27(35)24-10-8-7-9-23(24)25(31-32)26(34)30-29-17-21-16-18(3)33(19(21)4)22-13-11-20(12-14-22)28(36)37-6-2/h7-14,16-17H,5-6,15H2,1-4H3,(H,30,34)/b29-17+. The van der Waals surface area contributed by atoms with Crippen molar-refractivity contribution in [1.82, 2.24) is 19.8 Å². The Morgan fingerprint density at radius 2 is 1.76 bits per heavy atom. The van der Waals surface area contributed by atoms with Crippen molar-refractivity contribution < 1.29 is 14.3 Å². The zero-order chi connectivity index (χ0) is 26.5. The number of rotatable bonds is 8. The zero-order valence-corrected chi connectivity index (χ0v) is 21.3. The summed E-state index contributed by atoms with van der Waals surface area (Å²) in [6, 6.07) is 16.1. The number of benzene rings is 2. The molecule has 0 saturated carbocycles. The number of aromatic nitrogens is 3. The molecule has 9 nitrogen and oxygen atoms in total. The minimum absolute atomic E-state index is 0.146. The van der Waals surface area contributed by atoms with Gasteiger partial charge >= 0.3 is 5.97 Å². The second-order valence-electron chi connectivity index (χ2n) is 8.55. The number of nitrogens with one attached hydrogen (secondary N) is 1. The summed E-state index contributed by atoms with van der Waals surface area (Å²) < 4.78 is 8.41. The molecule has 190 valence electrons. The van der Waals surface area contributed by atoms with Gasteiger partial charge in [-0.15, -0.1) is 0 Å². The van der Waals surface area contributed by atoms with Crippen LogP contribution in [-0.2, 0) is 11.3 Å². The van der Waals surface area contributed by atoms with Crippen LogP contribution in [0.15, 0.2) is 64.5 Å². The Morgan fingerprint density at radius 1 is 1.05 bits per heavy atom. The van der Waals surface area contributed by atoms with Crippen molar-refractivity contribution in [2.24, 2.45) is 5.10 Å². The normalized spacial score (nSPS) is 11.2. The van der Waals surface area contributed by atoms with E-state index in [-0.39, 0.29) is 17.2 Å². The first-order chi connectivity index (χ1) is 17.8. The maximum atomic E-state index is 13.0. The highest BCUT2D eigenvalue weighted by Crippen LogP contribution is 2.20. The molecular weight excluding hydrogens is 470 g/mol. The molecule has 0 saturated heterocycles. The Balaban J connectivity index is 1.57. The summed E-state index contributed by atoms with van der Waals surface area (Å²) in [5.41, 5.74) is 6.55. The fourth-order valence-corrected chi connectivity index (χ4v) is 4.26. The average Bonchev–Trinajstić information content (AvgIpc) is 3.18. The highest BCUT2D eigenvalue weighted by atomic mass is 16.5.